The standard InChI is InChI=1S/C14H15Cl2N3O/c1-10(12-4-3-11(15)9-13(12)16)18-14(20)5-8-19-7-2-6-17-19/h2-4,6-7,9-10H,5,8H2,1H3,(H,18,20). The molecule has 1 aromatic carbocycles. The number of nitrogens with zero attached hydrogens (tertiary/aromatic N) is 2. The van der Waals surface area contributed by atoms with Crippen LogP contribution in [0.4, 0.5) is 0 Å². The topological polar surface area (TPSA) is 46.9 Å². The van der Waals surface area contributed by atoms with Gasteiger partial charge in [-0.25, -0.2) is 0 Å². The lowest BCUT2D eigenvalue weighted by Gasteiger charge is -2.16. The van der Waals surface area contributed by atoms with Crippen molar-refractivity contribution in [1.82, 2.24) is 15.1 Å². The van der Waals surface area contributed by atoms with Crippen LogP contribution in [0.5, 0.6) is 0 Å². The molecule has 1 amide bonds. The van der Waals surface area contributed by atoms with Crippen LogP contribution in [0, 0.1) is 0 Å². The van der Waals surface area contributed by atoms with Gasteiger partial charge in [0.1, 0.15) is 0 Å². The molecule has 2 rings (SSSR count). The first-order valence-electron chi connectivity index (χ1n) is 6.28. The number of benzene rings is 1. The quantitative estimate of drug-likeness (QED) is 0.919. The van der Waals surface area contributed by atoms with Gasteiger partial charge in [-0.15, -0.1) is 0 Å². The molecule has 106 valence electrons. The summed E-state index contributed by atoms with van der Waals surface area (Å²) in [5.41, 5.74) is 0.850. The van der Waals surface area contributed by atoms with Gasteiger partial charge in [0.15, 0.2) is 0 Å². The van der Waals surface area contributed by atoms with Crippen molar-refractivity contribution in [2.75, 3.05) is 0 Å². The zero-order valence-electron chi connectivity index (χ0n) is 11.0. The highest BCUT2D eigenvalue weighted by atomic mass is 35.5. The molecule has 0 aliphatic heterocycles. The van der Waals surface area contributed by atoms with Crippen molar-refractivity contribution in [3.8, 4) is 0 Å². The summed E-state index contributed by atoms with van der Waals surface area (Å²) in [5, 5.41) is 8.09. The molecule has 1 N–H and O–H groups in total. The average Bonchev–Trinajstić information content (AvgIpc) is 2.89. The smallest absolute Gasteiger partial charge is 0.222 e. The molecule has 0 saturated heterocycles. The van der Waals surface area contributed by atoms with Crippen LogP contribution in [0.25, 0.3) is 0 Å². The second-order valence-electron chi connectivity index (χ2n) is 4.47. The zero-order chi connectivity index (χ0) is 14.5. The molecule has 1 unspecified atom stereocenters. The number of carbonyl (C=O) groups is 1. The van der Waals surface area contributed by atoms with E-state index < -0.39 is 0 Å². The molecule has 0 aliphatic carbocycles. The minimum atomic E-state index is -0.162. The first-order chi connectivity index (χ1) is 9.56. The average molecular weight is 312 g/mol. The third-order valence-corrected chi connectivity index (χ3v) is 3.50. The van der Waals surface area contributed by atoms with E-state index in [2.05, 4.69) is 10.4 Å². The summed E-state index contributed by atoms with van der Waals surface area (Å²) in [7, 11) is 0. The molecule has 0 aliphatic rings. The van der Waals surface area contributed by atoms with Crippen LogP contribution < -0.4 is 5.32 Å². The first kappa shape index (κ1) is 14.9. The van der Waals surface area contributed by atoms with Crippen LogP contribution in [0.15, 0.2) is 36.7 Å². The summed E-state index contributed by atoms with van der Waals surface area (Å²) < 4.78 is 1.72. The van der Waals surface area contributed by atoms with Gasteiger partial charge in [0, 0.05) is 35.4 Å². The van der Waals surface area contributed by atoms with Gasteiger partial charge >= 0.3 is 0 Å². The summed E-state index contributed by atoms with van der Waals surface area (Å²) in [5.74, 6) is -0.0426. The highest BCUT2D eigenvalue weighted by Gasteiger charge is 2.12. The van der Waals surface area contributed by atoms with Crippen molar-refractivity contribution in [1.29, 1.82) is 0 Å². The number of amides is 1. The van der Waals surface area contributed by atoms with Crippen molar-refractivity contribution in [3.05, 3.63) is 52.3 Å². The Hall–Kier alpha value is -1.52. The van der Waals surface area contributed by atoms with E-state index >= 15 is 0 Å². The maximum atomic E-state index is 11.9. The van der Waals surface area contributed by atoms with E-state index in [0.717, 1.165) is 5.56 Å². The first-order valence-corrected chi connectivity index (χ1v) is 7.03. The second-order valence-corrected chi connectivity index (χ2v) is 5.32. The highest BCUT2D eigenvalue weighted by molar-refractivity contribution is 6.35. The largest absolute Gasteiger partial charge is 0.349 e. The molecule has 0 fully saturated rings. The predicted molar refractivity (Wildman–Crippen MR) is 79.9 cm³/mol. The molecule has 6 heteroatoms. The Bertz CT molecular complexity index is 584. The van der Waals surface area contributed by atoms with E-state index in [1.165, 1.54) is 0 Å². The molecule has 20 heavy (non-hydrogen) atoms. The minimum absolute atomic E-state index is 0.0426. The van der Waals surface area contributed by atoms with E-state index in [9.17, 15) is 4.79 Å². The van der Waals surface area contributed by atoms with Crippen LogP contribution >= 0.6 is 23.2 Å². The van der Waals surface area contributed by atoms with Crippen molar-refractivity contribution < 1.29 is 4.79 Å². The van der Waals surface area contributed by atoms with Gasteiger partial charge in [-0.3, -0.25) is 9.48 Å². The van der Waals surface area contributed by atoms with Crippen LogP contribution in [-0.4, -0.2) is 15.7 Å². The third kappa shape index (κ3) is 3.99. The summed E-state index contributed by atoms with van der Waals surface area (Å²) in [4.78, 5) is 11.9. The number of hydrogen-bond donors (Lipinski definition) is 1. The highest BCUT2D eigenvalue weighted by Crippen LogP contribution is 2.26. The van der Waals surface area contributed by atoms with E-state index in [0.29, 0.717) is 23.0 Å². The summed E-state index contributed by atoms with van der Waals surface area (Å²) >= 11 is 12.0. The van der Waals surface area contributed by atoms with Crippen molar-refractivity contribution >= 4 is 29.1 Å². The maximum absolute atomic E-state index is 11.9. The minimum Gasteiger partial charge on any atom is -0.349 e. The molecule has 1 aromatic heterocycles. The summed E-state index contributed by atoms with van der Waals surface area (Å²) in [6.45, 7) is 2.45. The Kier molecular flexibility index (Phi) is 5.04. The van der Waals surface area contributed by atoms with Crippen LogP contribution in [0.2, 0.25) is 10.0 Å². The van der Waals surface area contributed by atoms with E-state index in [-0.39, 0.29) is 11.9 Å². The zero-order valence-corrected chi connectivity index (χ0v) is 12.5. The van der Waals surface area contributed by atoms with Crippen molar-refractivity contribution in [2.45, 2.75) is 25.9 Å². The number of halogens is 2. The molecular weight excluding hydrogens is 297 g/mol. The summed E-state index contributed by atoms with van der Waals surface area (Å²) in [6.07, 6.45) is 3.89. The Labute approximate surface area is 127 Å². The number of aromatic nitrogens is 2. The molecular formula is C14H15Cl2N3O. The summed E-state index contributed by atoms with van der Waals surface area (Å²) in [6, 6.07) is 6.92. The molecule has 1 atom stereocenters. The van der Waals surface area contributed by atoms with Crippen LogP contribution in [-0.2, 0) is 11.3 Å². The lowest BCUT2D eigenvalue weighted by molar-refractivity contribution is -0.122. The molecule has 1 heterocycles. The number of nitrogens with one attached hydrogen (secondary N) is 1. The second kappa shape index (κ2) is 6.77. The Morgan fingerprint density at radius 1 is 1.45 bits per heavy atom. The number of aryl methyl sites for hydroxylation is 1. The van der Waals surface area contributed by atoms with Gasteiger partial charge in [-0.05, 0) is 30.7 Å². The Morgan fingerprint density at radius 3 is 2.90 bits per heavy atom. The van der Waals surface area contributed by atoms with Gasteiger partial charge in [-0.1, -0.05) is 29.3 Å². The van der Waals surface area contributed by atoms with Gasteiger partial charge in [0.2, 0.25) is 5.91 Å². The lowest BCUT2D eigenvalue weighted by atomic mass is 10.1. The van der Waals surface area contributed by atoms with Gasteiger partial charge in [0.25, 0.3) is 0 Å². The third-order valence-electron chi connectivity index (χ3n) is 2.93. The fourth-order valence-corrected chi connectivity index (χ4v) is 2.47. The molecule has 4 nitrogen and oxygen atoms in total. The van der Waals surface area contributed by atoms with E-state index in [1.807, 2.05) is 25.3 Å². The van der Waals surface area contributed by atoms with E-state index in [4.69, 9.17) is 23.2 Å². The molecule has 0 spiro atoms. The Morgan fingerprint density at radius 2 is 2.25 bits per heavy atom. The van der Waals surface area contributed by atoms with Crippen molar-refractivity contribution in [2.24, 2.45) is 0 Å². The molecule has 0 bridgehead atoms. The van der Waals surface area contributed by atoms with Crippen LogP contribution in [0.1, 0.15) is 24.9 Å². The Balaban J connectivity index is 1.90. The number of rotatable bonds is 5. The lowest BCUT2D eigenvalue weighted by Crippen LogP contribution is -2.27. The van der Waals surface area contributed by atoms with Crippen LogP contribution in [0.3, 0.4) is 0 Å². The molecule has 2 aromatic rings. The molecule has 0 saturated carbocycles. The fraction of sp³-hybridized carbons (Fsp3) is 0.286. The van der Waals surface area contributed by atoms with Gasteiger partial charge in [0.05, 0.1) is 6.04 Å². The fourth-order valence-electron chi connectivity index (χ4n) is 1.89. The van der Waals surface area contributed by atoms with Gasteiger partial charge in [-0.2, -0.15) is 5.10 Å². The SMILES string of the molecule is CC(NC(=O)CCn1cccn1)c1ccc(Cl)cc1Cl. The normalized spacial score (nSPS) is 12.2. The van der Waals surface area contributed by atoms with E-state index in [1.54, 1.807) is 23.0 Å². The molecule has 0 radical (unpaired) electrons. The maximum Gasteiger partial charge on any atom is 0.222 e. The predicted octanol–water partition coefficient (Wildman–Crippen LogP) is 3.46. The monoisotopic (exact) mass is 311 g/mol. The number of hydrogen-bond acceptors (Lipinski definition) is 2. The van der Waals surface area contributed by atoms with Gasteiger partial charge < -0.3 is 5.32 Å². The van der Waals surface area contributed by atoms with Crippen molar-refractivity contribution in [3.63, 3.8) is 0 Å². The number of carbonyl (C=O) groups excluding carboxylic acids is 1.